The topological polar surface area (TPSA) is 71.3 Å². The summed E-state index contributed by atoms with van der Waals surface area (Å²) >= 11 is 1.53. The van der Waals surface area contributed by atoms with E-state index in [1.807, 2.05) is 49.4 Å². The Morgan fingerprint density at radius 1 is 1.00 bits per heavy atom. The van der Waals surface area contributed by atoms with E-state index in [2.05, 4.69) is 10.6 Å². The van der Waals surface area contributed by atoms with Crippen LogP contribution in [0.25, 0.3) is 0 Å². The molecule has 0 spiro atoms. The average Bonchev–Trinajstić information content (AvgIpc) is 3.23. The van der Waals surface area contributed by atoms with E-state index in [0.717, 1.165) is 10.5 Å². The number of nitrogens with one attached hydrogen (secondary N) is 2. The van der Waals surface area contributed by atoms with E-state index < -0.39 is 0 Å². The molecular weight excluding hydrogens is 360 g/mol. The van der Waals surface area contributed by atoms with Crippen LogP contribution in [0.15, 0.2) is 82.3 Å². The van der Waals surface area contributed by atoms with E-state index >= 15 is 0 Å². The van der Waals surface area contributed by atoms with Gasteiger partial charge in [-0.05, 0) is 48.9 Å². The lowest BCUT2D eigenvalue weighted by molar-refractivity contribution is -0.120. The smallest absolute Gasteiger partial charge is 0.291 e. The first kappa shape index (κ1) is 18.8. The van der Waals surface area contributed by atoms with Crippen molar-refractivity contribution in [3.63, 3.8) is 0 Å². The molecule has 1 atom stereocenters. The largest absolute Gasteiger partial charge is 0.459 e. The molecule has 138 valence electrons. The number of hydrogen-bond donors (Lipinski definition) is 2. The van der Waals surface area contributed by atoms with Crippen LogP contribution in [0.3, 0.4) is 0 Å². The predicted octanol–water partition coefficient (Wildman–Crippen LogP) is 4.33. The number of carbonyl (C=O) groups excluding carboxylic acids is 2. The fourth-order valence-corrected chi connectivity index (χ4v) is 3.31. The molecule has 1 aromatic heterocycles. The lowest BCUT2D eigenvalue weighted by atomic mass is 10.2. The second-order valence-electron chi connectivity index (χ2n) is 5.92. The SMILES string of the molecule is CC(Sc1ccccc1)C(=O)NCc1ccc(NC(=O)c2ccco2)cc1. The molecule has 0 fully saturated rings. The number of rotatable bonds is 7. The van der Waals surface area contributed by atoms with Gasteiger partial charge in [0.25, 0.3) is 5.91 Å². The molecule has 0 bridgehead atoms. The Kier molecular flexibility index (Phi) is 6.33. The zero-order valence-corrected chi connectivity index (χ0v) is 15.7. The Labute approximate surface area is 162 Å². The van der Waals surface area contributed by atoms with E-state index in [1.165, 1.54) is 18.0 Å². The summed E-state index contributed by atoms with van der Waals surface area (Å²) in [5, 5.41) is 5.52. The average molecular weight is 380 g/mol. The second kappa shape index (κ2) is 9.09. The molecule has 2 aromatic carbocycles. The highest BCUT2D eigenvalue weighted by molar-refractivity contribution is 8.00. The molecule has 2 N–H and O–H groups in total. The van der Waals surface area contributed by atoms with Gasteiger partial charge in [0.1, 0.15) is 0 Å². The zero-order valence-electron chi connectivity index (χ0n) is 14.8. The first-order valence-corrected chi connectivity index (χ1v) is 9.43. The van der Waals surface area contributed by atoms with Gasteiger partial charge in [0.15, 0.2) is 5.76 Å². The Balaban J connectivity index is 1.48. The maximum absolute atomic E-state index is 12.3. The summed E-state index contributed by atoms with van der Waals surface area (Å²) in [6, 6.07) is 20.4. The van der Waals surface area contributed by atoms with Gasteiger partial charge >= 0.3 is 0 Å². The minimum Gasteiger partial charge on any atom is -0.459 e. The molecule has 1 unspecified atom stereocenters. The minimum atomic E-state index is -0.298. The Morgan fingerprint density at radius 2 is 1.74 bits per heavy atom. The summed E-state index contributed by atoms with van der Waals surface area (Å²) in [7, 11) is 0. The fourth-order valence-electron chi connectivity index (χ4n) is 2.40. The molecule has 3 aromatic rings. The van der Waals surface area contributed by atoms with Crippen LogP contribution in [0.4, 0.5) is 5.69 Å². The molecule has 27 heavy (non-hydrogen) atoms. The van der Waals surface area contributed by atoms with Gasteiger partial charge in [-0.1, -0.05) is 30.3 Å². The van der Waals surface area contributed by atoms with E-state index in [-0.39, 0.29) is 22.8 Å². The van der Waals surface area contributed by atoms with Crippen LogP contribution < -0.4 is 10.6 Å². The van der Waals surface area contributed by atoms with E-state index in [1.54, 1.807) is 24.3 Å². The quantitative estimate of drug-likeness (QED) is 0.599. The Bertz CT molecular complexity index is 878. The lowest BCUT2D eigenvalue weighted by Gasteiger charge is -2.12. The molecule has 0 aliphatic rings. The molecule has 0 saturated heterocycles. The van der Waals surface area contributed by atoms with Crippen LogP contribution in [0.5, 0.6) is 0 Å². The second-order valence-corrected chi connectivity index (χ2v) is 7.33. The number of amides is 2. The van der Waals surface area contributed by atoms with Gasteiger partial charge in [0.2, 0.25) is 5.91 Å². The summed E-state index contributed by atoms with van der Waals surface area (Å²) in [6.45, 7) is 2.32. The lowest BCUT2D eigenvalue weighted by Crippen LogP contribution is -2.30. The highest BCUT2D eigenvalue weighted by Gasteiger charge is 2.14. The third kappa shape index (κ3) is 5.49. The van der Waals surface area contributed by atoms with Crippen LogP contribution in [-0.4, -0.2) is 17.1 Å². The number of carbonyl (C=O) groups is 2. The number of anilines is 1. The molecule has 5 nitrogen and oxygen atoms in total. The van der Waals surface area contributed by atoms with Crippen molar-refractivity contribution in [2.24, 2.45) is 0 Å². The Morgan fingerprint density at radius 3 is 2.41 bits per heavy atom. The monoisotopic (exact) mass is 380 g/mol. The van der Waals surface area contributed by atoms with Gasteiger partial charge < -0.3 is 15.1 Å². The van der Waals surface area contributed by atoms with Crippen molar-refractivity contribution in [3.05, 3.63) is 84.3 Å². The van der Waals surface area contributed by atoms with Crippen molar-refractivity contribution in [2.45, 2.75) is 23.6 Å². The summed E-state index contributed by atoms with van der Waals surface area (Å²) in [5.74, 6) is -0.0527. The van der Waals surface area contributed by atoms with Gasteiger partial charge in [0, 0.05) is 17.1 Å². The standard InChI is InChI=1S/C21H20N2O3S/c1-15(27-18-6-3-2-4-7-18)20(24)22-14-16-9-11-17(12-10-16)23-21(25)19-8-5-13-26-19/h2-13,15H,14H2,1H3,(H,22,24)(H,23,25). The highest BCUT2D eigenvalue weighted by atomic mass is 32.2. The highest BCUT2D eigenvalue weighted by Crippen LogP contribution is 2.22. The third-order valence-electron chi connectivity index (χ3n) is 3.85. The molecule has 0 saturated carbocycles. The first-order chi connectivity index (χ1) is 13.1. The van der Waals surface area contributed by atoms with Crippen LogP contribution in [0.2, 0.25) is 0 Å². The summed E-state index contributed by atoms with van der Waals surface area (Å²) < 4.78 is 5.06. The number of furan rings is 1. The molecule has 6 heteroatoms. The number of thioether (sulfide) groups is 1. The van der Waals surface area contributed by atoms with Gasteiger partial charge in [-0.3, -0.25) is 9.59 Å². The van der Waals surface area contributed by atoms with Gasteiger partial charge in [-0.15, -0.1) is 11.8 Å². The zero-order chi connectivity index (χ0) is 19.1. The molecule has 0 aliphatic heterocycles. The fraction of sp³-hybridized carbons (Fsp3) is 0.143. The van der Waals surface area contributed by atoms with Crippen molar-refractivity contribution in [1.29, 1.82) is 0 Å². The third-order valence-corrected chi connectivity index (χ3v) is 4.96. The van der Waals surface area contributed by atoms with Crippen molar-refractivity contribution in [2.75, 3.05) is 5.32 Å². The molecule has 2 amide bonds. The van der Waals surface area contributed by atoms with E-state index in [9.17, 15) is 9.59 Å². The van der Waals surface area contributed by atoms with Crippen LogP contribution in [0.1, 0.15) is 23.0 Å². The van der Waals surface area contributed by atoms with Crippen LogP contribution in [0, 0.1) is 0 Å². The molecule has 0 aliphatic carbocycles. The molecular formula is C21H20N2O3S. The van der Waals surface area contributed by atoms with Gasteiger partial charge in [-0.25, -0.2) is 0 Å². The van der Waals surface area contributed by atoms with Crippen LogP contribution >= 0.6 is 11.8 Å². The summed E-state index contributed by atoms with van der Waals surface area (Å²) in [5.41, 5.74) is 1.62. The van der Waals surface area contributed by atoms with Gasteiger partial charge in [0.05, 0.1) is 11.5 Å². The summed E-state index contributed by atoms with van der Waals surface area (Å²) in [6.07, 6.45) is 1.46. The number of hydrogen-bond acceptors (Lipinski definition) is 4. The molecule has 1 heterocycles. The molecule has 3 rings (SSSR count). The van der Waals surface area contributed by atoms with Crippen molar-refractivity contribution in [3.8, 4) is 0 Å². The van der Waals surface area contributed by atoms with Crippen molar-refractivity contribution >= 4 is 29.3 Å². The normalized spacial score (nSPS) is 11.6. The minimum absolute atomic E-state index is 0.0148. The van der Waals surface area contributed by atoms with Crippen molar-refractivity contribution < 1.29 is 14.0 Å². The number of benzene rings is 2. The maximum atomic E-state index is 12.3. The van der Waals surface area contributed by atoms with Crippen LogP contribution in [-0.2, 0) is 11.3 Å². The molecule has 0 radical (unpaired) electrons. The summed E-state index contributed by atoms with van der Waals surface area (Å²) in [4.78, 5) is 25.3. The van der Waals surface area contributed by atoms with Crippen molar-refractivity contribution in [1.82, 2.24) is 5.32 Å². The Hall–Kier alpha value is -2.99. The predicted molar refractivity (Wildman–Crippen MR) is 107 cm³/mol. The van der Waals surface area contributed by atoms with E-state index in [4.69, 9.17) is 4.42 Å². The first-order valence-electron chi connectivity index (χ1n) is 8.55. The van der Waals surface area contributed by atoms with E-state index in [0.29, 0.717) is 12.2 Å². The maximum Gasteiger partial charge on any atom is 0.291 e. The van der Waals surface area contributed by atoms with Gasteiger partial charge in [-0.2, -0.15) is 0 Å².